The summed E-state index contributed by atoms with van der Waals surface area (Å²) in [4.78, 5) is 12.3. The van der Waals surface area contributed by atoms with Crippen LogP contribution >= 0.6 is 0 Å². The van der Waals surface area contributed by atoms with E-state index in [-0.39, 0.29) is 11.8 Å². The molecule has 3 N–H and O–H groups in total. The minimum Gasteiger partial charge on any atom is -0.394 e. The number of nitrogens with two attached hydrogens (primary N) is 1. The van der Waals surface area contributed by atoms with Crippen molar-refractivity contribution in [2.24, 2.45) is 36.6 Å². The highest BCUT2D eigenvalue weighted by atomic mass is 16.2. The maximum Gasteiger partial charge on any atom is 0.229 e. The molecule has 5 heteroatoms. The van der Waals surface area contributed by atoms with Gasteiger partial charge in [-0.15, -0.1) is 0 Å². The summed E-state index contributed by atoms with van der Waals surface area (Å²) in [5, 5.41) is 6.99. The molecular weight excluding hydrogens is 228 g/mol. The van der Waals surface area contributed by atoms with Crippen molar-refractivity contribution >= 4 is 17.4 Å². The van der Waals surface area contributed by atoms with Gasteiger partial charge in [-0.3, -0.25) is 9.48 Å². The lowest BCUT2D eigenvalue weighted by atomic mass is 10.0. The second-order valence-corrected chi connectivity index (χ2v) is 6.08. The fraction of sp³-hybridized carbons (Fsp3) is 0.692. The van der Waals surface area contributed by atoms with Gasteiger partial charge < -0.3 is 11.1 Å². The van der Waals surface area contributed by atoms with E-state index in [2.05, 4.69) is 10.4 Å². The summed E-state index contributed by atoms with van der Waals surface area (Å²) in [6.45, 7) is 0. The van der Waals surface area contributed by atoms with Crippen LogP contribution in [0.3, 0.4) is 0 Å². The molecule has 96 valence electrons. The van der Waals surface area contributed by atoms with Crippen molar-refractivity contribution in [3.63, 3.8) is 0 Å². The van der Waals surface area contributed by atoms with Gasteiger partial charge in [0.1, 0.15) is 0 Å². The van der Waals surface area contributed by atoms with E-state index in [9.17, 15) is 4.79 Å². The Morgan fingerprint density at radius 2 is 2.11 bits per heavy atom. The molecule has 2 bridgehead atoms. The van der Waals surface area contributed by atoms with Gasteiger partial charge in [-0.1, -0.05) is 0 Å². The number of fused-ring (bicyclic) bond motifs is 5. The quantitative estimate of drug-likeness (QED) is 0.824. The third-order valence-corrected chi connectivity index (χ3v) is 5.25. The summed E-state index contributed by atoms with van der Waals surface area (Å²) < 4.78 is 1.63. The van der Waals surface area contributed by atoms with Crippen molar-refractivity contribution in [2.75, 3.05) is 11.1 Å². The predicted molar refractivity (Wildman–Crippen MR) is 67.6 cm³/mol. The highest BCUT2D eigenvalue weighted by Crippen LogP contribution is 2.69. The Hall–Kier alpha value is -1.52. The van der Waals surface area contributed by atoms with E-state index in [0.29, 0.717) is 23.3 Å². The van der Waals surface area contributed by atoms with Gasteiger partial charge in [0.25, 0.3) is 0 Å². The number of carbonyl (C=O) groups excluding carboxylic acids is 1. The van der Waals surface area contributed by atoms with Crippen LogP contribution in [0.5, 0.6) is 0 Å². The summed E-state index contributed by atoms with van der Waals surface area (Å²) >= 11 is 0. The number of rotatable bonds is 2. The van der Waals surface area contributed by atoms with Gasteiger partial charge in [-0.05, 0) is 42.9 Å². The number of aryl methyl sites for hydroxylation is 1. The fourth-order valence-corrected chi connectivity index (χ4v) is 4.48. The van der Waals surface area contributed by atoms with Gasteiger partial charge in [0.15, 0.2) is 5.82 Å². The van der Waals surface area contributed by atoms with Crippen LogP contribution in [0.15, 0.2) is 6.20 Å². The molecule has 4 rings (SSSR count). The first-order chi connectivity index (χ1) is 8.66. The summed E-state index contributed by atoms with van der Waals surface area (Å²) in [6.07, 6.45) is 5.62. The van der Waals surface area contributed by atoms with Crippen molar-refractivity contribution in [1.82, 2.24) is 9.78 Å². The molecule has 18 heavy (non-hydrogen) atoms. The van der Waals surface area contributed by atoms with E-state index in [1.54, 1.807) is 17.9 Å². The molecular formula is C13H18N4O. The Labute approximate surface area is 106 Å². The Kier molecular flexibility index (Phi) is 1.89. The zero-order valence-corrected chi connectivity index (χ0v) is 10.5. The number of hydrogen-bond acceptors (Lipinski definition) is 3. The Morgan fingerprint density at radius 1 is 1.44 bits per heavy atom. The van der Waals surface area contributed by atoms with Crippen LogP contribution in [0, 0.1) is 29.6 Å². The molecule has 0 spiro atoms. The van der Waals surface area contributed by atoms with Crippen molar-refractivity contribution in [1.29, 1.82) is 0 Å². The Morgan fingerprint density at radius 3 is 2.67 bits per heavy atom. The summed E-state index contributed by atoms with van der Waals surface area (Å²) in [6, 6.07) is 0. The maximum absolute atomic E-state index is 12.3. The van der Waals surface area contributed by atoms with E-state index < -0.39 is 0 Å². The van der Waals surface area contributed by atoms with Crippen LogP contribution in [0.2, 0.25) is 0 Å². The second-order valence-electron chi connectivity index (χ2n) is 6.08. The van der Waals surface area contributed by atoms with Crippen LogP contribution in [0.4, 0.5) is 11.5 Å². The molecule has 3 aliphatic carbocycles. The molecule has 1 aromatic heterocycles. The third-order valence-electron chi connectivity index (χ3n) is 5.25. The first-order valence-corrected chi connectivity index (χ1v) is 6.75. The molecule has 0 saturated heterocycles. The van der Waals surface area contributed by atoms with Crippen molar-refractivity contribution in [2.45, 2.75) is 19.3 Å². The smallest absolute Gasteiger partial charge is 0.229 e. The number of carbonyl (C=O) groups is 1. The molecule has 5 nitrogen and oxygen atoms in total. The molecule has 3 saturated carbocycles. The van der Waals surface area contributed by atoms with Gasteiger partial charge in [0.2, 0.25) is 5.91 Å². The first kappa shape index (κ1) is 10.4. The number of amides is 1. The molecule has 1 amide bonds. The van der Waals surface area contributed by atoms with E-state index >= 15 is 0 Å². The maximum atomic E-state index is 12.3. The normalized spacial score (nSPS) is 39.7. The zero-order chi connectivity index (χ0) is 12.4. The summed E-state index contributed by atoms with van der Waals surface area (Å²) in [7, 11) is 1.80. The minimum atomic E-state index is 0.150. The van der Waals surface area contributed by atoms with Crippen LogP contribution < -0.4 is 11.1 Å². The number of nitrogens with one attached hydrogen (secondary N) is 1. The average Bonchev–Trinajstić information content (AvgIpc) is 2.63. The largest absolute Gasteiger partial charge is 0.394 e. The minimum absolute atomic E-state index is 0.150. The highest BCUT2D eigenvalue weighted by Gasteiger charge is 2.67. The number of nitrogen functional groups attached to an aromatic ring is 1. The fourth-order valence-electron chi connectivity index (χ4n) is 4.48. The third kappa shape index (κ3) is 1.22. The lowest BCUT2D eigenvalue weighted by Crippen LogP contribution is -2.20. The Balaban J connectivity index is 1.50. The van der Waals surface area contributed by atoms with Gasteiger partial charge in [0, 0.05) is 13.0 Å². The van der Waals surface area contributed by atoms with Crippen molar-refractivity contribution < 1.29 is 4.79 Å². The molecule has 0 aromatic carbocycles. The first-order valence-electron chi connectivity index (χ1n) is 6.75. The zero-order valence-electron chi connectivity index (χ0n) is 10.5. The lowest BCUT2D eigenvalue weighted by Gasteiger charge is -2.10. The molecule has 3 aliphatic rings. The van der Waals surface area contributed by atoms with Crippen LogP contribution in [0.1, 0.15) is 19.3 Å². The van der Waals surface area contributed by atoms with E-state index in [1.165, 1.54) is 19.3 Å². The molecule has 0 radical (unpaired) electrons. The topological polar surface area (TPSA) is 72.9 Å². The number of nitrogens with zero attached hydrogens (tertiary/aromatic N) is 2. The SMILES string of the molecule is Cn1ncc(N)c1NC(=O)C1C2C3CCC(C3)C12. The van der Waals surface area contributed by atoms with Gasteiger partial charge in [-0.25, -0.2) is 0 Å². The van der Waals surface area contributed by atoms with Crippen LogP contribution in [-0.4, -0.2) is 15.7 Å². The summed E-state index contributed by atoms with van der Waals surface area (Å²) in [5.74, 6) is 4.00. The van der Waals surface area contributed by atoms with E-state index in [0.717, 1.165) is 11.8 Å². The second kappa shape index (κ2) is 3.28. The average molecular weight is 246 g/mol. The summed E-state index contributed by atoms with van der Waals surface area (Å²) in [5.41, 5.74) is 6.34. The van der Waals surface area contributed by atoms with Gasteiger partial charge >= 0.3 is 0 Å². The van der Waals surface area contributed by atoms with E-state index in [4.69, 9.17) is 5.73 Å². The molecule has 0 aliphatic heterocycles. The standard InChI is InChI=1S/C13H18N4O/c1-17-12(8(14)5-15-17)16-13(18)11-9-6-2-3-7(4-6)10(9)11/h5-7,9-11H,2-4,14H2,1H3,(H,16,18). The number of aromatic nitrogens is 2. The highest BCUT2D eigenvalue weighted by molar-refractivity contribution is 5.96. The number of anilines is 2. The number of hydrogen-bond donors (Lipinski definition) is 2. The molecule has 3 fully saturated rings. The molecule has 1 aromatic rings. The van der Waals surface area contributed by atoms with Crippen molar-refractivity contribution in [3.05, 3.63) is 6.20 Å². The van der Waals surface area contributed by atoms with Gasteiger partial charge in [0.05, 0.1) is 11.9 Å². The predicted octanol–water partition coefficient (Wildman–Crippen LogP) is 1.23. The monoisotopic (exact) mass is 246 g/mol. The molecule has 4 atom stereocenters. The lowest BCUT2D eigenvalue weighted by molar-refractivity contribution is -0.118. The molecule has 4 unspecified atom stereocenters. The van der Waals surface area contributed by atoms with Crippen LogP contribution in [0.25, 0.3) is 0 Å². The van der Waals surface area contributed by atoms with E-state index in [1.807, 2.05) is 0 Å². The van der Waals surface area contributed by atoms with Crippen molar-refractivity contribution in [3.8, 4) is 0 Å². The Bertz CT molecular complexity index is 488. The van der Waals surface area contributed by atoms with Crippen LogP contribution in [-0.2, 0) is 11.8 Å². The molecule has 1 heterocycles. The van der Waals surface area contributed by atoms with Gasteiger partial charge in [-0.2, -0.15) is 5.10 Å².